The number of carbonyl (C=O) groups is 1. The van der Waals surface area contributed by atoms with Crippen molar-refractivity contribution in [1.82, 2.24) is 9.62 Å². The van der Waals surface area contributed by atoms with E-state index >= 15 is 0 Å². The Morgan fingerprint density at radius 2 is 1.88 bits per heavy atom. The van der Waals surface area contributed by atoms with Gasteiger partial charge in [-0.15, -0.1) is 11.3 Å². The van der Waals surface area contributed by atoms with Crippen LogP contribution in [0.5, 0.6) is 0 Å². The molecule has 0 aliphatic rings. The van der Waals surface area contributed by atoms with Gasteiger partial charge in [-0.05, 0) is 36.1 Å². The van der Waals surface area contributed by atoms with E-state index in [0.29, 0.717) is 18.7 Å². The van der Waals surface area contributed by atoms with Crippen LogP contribution in [0.2, 0.25) is 0 Å². The van der Waals surface area contributed by atoms with Crippen molar-refractivity contribution in [3.05, 3.63) is 52.2 Å². The zero-order chi connectivity index (χ0) is 18.4. The predicted molar refractivity (Wildman–Crippen MR) is 101 cm³/mol. The van der Waals surface area contributed by atoms with Gasteiger partial charge in [0.1, 0.15) is 0 Å². The fraction of sp³-hybridized carbons (Fsp3) is 0.389. The third-order valence-electron chi connectivity index (χ3n) is 4.04. The van der Waals surface area contributed by atoms with Crippen LogP contribution in [0, 0.1) is 0 Å². The smallest absolute Gasteiger partial charge is 0.251 e. The third kappa shape index (κ3) is 4.48. The van der Waals surface area contributed by atoms with Gasteiger partial charge in [0.2, 0.25) is 10.0 Å². The highest BCUT2D eigenvalue weighted by Gasteiger charge is 2.23. The van der Waals surface area contributed by atoms with E-state index in [1.165, 1.54) is 16.4 Å². The van der Waals surface area contributed by atoms with Crippen molar-refractivity contribution >= 4 is 27.3 Å². The zero-order valence-electron chi connectivity index (χ0n) is 14.7. The van der Waals surface area contributed by atoms with Gasteiger partial charge in [0.15, 0.2) is 0 Å². The van der Waals surface area contributed by atoms with Crippen LogP contribution < -0.4 is 5.32 Å². The molecule has 136 valence electrons. The van der Waals surface area contributed by atoms with Crippen LogP contribution in [0.15, 0.2) is 46.7 Å². The molecule has 2 rings (SSSR count). The van der Waals surface area contributed by atoms with Gasteiger partial charge in [0, 0.05) is 23.5 Å². The molecule has 0 fully saturated rings. The molecule has 0 saturated heterocycles. The molecule has 1 aromatic carbocycles. The van der Waals surface area contributed by atoms with Crippen molar-refractivity contribution in [2.75, 3.05) is 13.1 Å². The van der Waals surface area contributed by atoms with E-state index in [9.17, 15) is 13.2 Å². The molecule has 1 N–H and O–H groups in total. The Balaban J connectivity index is 2.24. The number of thiophene rings is 1. The molecule has 0 saturated carbocycles. The van der Waals surface area contributed by atoms with Gasteiger partial charge in [0.05, 0.1) is 10.9 Å². The maximum Gasteiger partial charge on any atom is 0.251 e. The number of amides is 1. The number of nitrogens with zero attached hydrogens (tertiary/aromatic N) is 1. The summed E-state index contributed by atoms with van der Waals surface area (Å²) in [6, 6.07) is 10.1. The van der Waals surface area contributed by atoms with E-state index in [2.05, 4.69) is 5.32 Å². The molecule has 1 atom stereocenters. The first-order valence-corrected chi connectivity index (χ1v) is 10.7. The summed E-state index contributed by atoms with van der Waals surface area (Å²) in [5, 5.41) is 4.96. The molecule has 0 radical (unpaired) electrons. The molecule has 5 nitrogen and oxygen atoms in total. The fourth-order valence-electron chi connectivity index (χ4n) is 2.62. The van der Waals surface area contributed by atoms with Gasteiger partial charge in [-0.1, -0.05) is 32.9 Å². The van der Waals surface area contributed by atoms with Crippen LogP contribution in [-0.2, 0) is 10.0 Å². The minimum absolute atomic E-state index is 0.0736. The monoisotopic (exact) mass is 380 g/mol. The first-order chi connectivity index (χ1) is 11.9. The lowest BCUT2D eigenvalue weighted by Gasteiger charge is -2.19. The average Bonchev–Trinajstić information content (AvgIpc) is 3.14. The van der Waals surface area contributed by atoms with Gasteiger partial charge in [-0.3, -0.25) is 4.79 Å². The van der Waals surface area contributed by atoms with E-state index < -0.39 is 10.0 Å². The normalized spacial score (nSPS) is 13.0. The molecule has 25 heavy (non-hydrogen) atoms. The van der Waals surface area contributed by atoms with E-state index in [1.54, 1.807) is 37.3 Å². The number of benzene rings is 1. The van der Waals surface area contributed by atoms with Crippen LogP contribution in [0.4, 0.5) is 0 Å². The summed E-state index contributed by atoms with van der Waals surface area (Å²) in [5.41, 5.74) is 0.350. The topological polar surface area (TPSA) is 66.5 Å². The molecule has 7 heteroatoms. The number of sulfonamides is 1. The molecule has 0 bridgehead atoms. The van der Waals surface area contributed by atoms with Gasteiger partial charge in [-0.25, -0.2) is 8.42 Å². The Morgan fingerprint density at radius 3 is 2.44 bits per heavy atom. The largest absolute Gasteiger partial charge is 0.344 e. The van der Waals surface area contributed by atoms with Crippen LogP contribution in [0.1, 0.15) is 48.5 Å². The molecule has 0 aliphatic heterocycles. The van der Waals surface area contributed by atoms with Crippen LogP contribution in [0.25, 0.3) is 0 Å². The van der Waals surface area contributed by atoms with Crippen molar-refractivity contribution in [2.45, 2.75) is 38.1 Å². The highest BCUT2D eigenvalue weighted by Crippen LogP contribution is 2.23. The van der Waals surface area contributed by atoms with Crippen molar-refractivity contribution in [2.24, 2.45) is 0 Å². The van der Waals surface area contributed by atoms with E-state index in [4.69, 9.17) is 0 Å². The van der Waals surface area contributed by atoms with Crippen molar-refractivity contribution in [1.29, 1.82) is 0 Å². The Kier molecular flexibility index (Phi) is 6.75. The van der Waals surface area contributed by atoms with E-state index in [-0.39, 0.29) is 16.8 Å². The minimum Gasteiger partial charge on any atom is -0.344 e. The summed E-state index contributed by atoms with van der Waals surface area (Å²) < 4.78 is 26.6. The second-order valence-corrected chi connectivity index (χ2v) is 8.48. The highest BCUT2D eigenvalue weighted by atomic mass is 32.2. The highest BCUT2D eigenvalue weighted by molar-refractivity contribution is 7.89. The maximum atomic E-state index is 12.6. The standard InChI is InChI=1S/C18H24N2O3S2/c1-4-16(17-11-8-12-24-17)19-18(21)14-9-7-10-15(13-14)25(22,23)20(5-2)6-3/h7-13,16H,4-6H2,1-3H3,(H,19,21). The van der Waals surface area contributed by atoms with Crippen molar-refractivity contribution < 1.29 is 13.2 Å². The molecule has 0 aliphatic carbocycles. The van der Waals surface area contributed by atoms with Gasteiger partial charge in [0.25, 0.3) is 5.91 Å². The Bertz CT molecular complexity index is 797. The second-order valence-electron chi connectivity index (χ2n) is 5.57. The first kappa shape index (κ1) is 19.6. The fourth-order valence-corrected chi connectivity index (χ4v) is 4.98. The SMILES string of the molecule is CCC(NC(=O)c1cccc(S(=O)(=O)N(CC)CC)c1)c1cccs1. The van der Waals surface area contributed by atoms with Crippen molar-refractivity contribution in [3.63, 3.8) is 0 Å². The number of hydrogen-bond acceptors (Lipinski definition) is 4. The summed E-state index contributed by atoms with van der Waals surface area (Å²) in [6.07, 6.45) is 0.768. The van der Waals surface area contributed by atoms with Crippen LogP contribution >= 0.6 is 11.3 Å². The summed E-state index contributed by atoms with van der Waals surface area (Å²) in [7, 11) is -3.58. The molecular weight excluding hydrogens is 356 g/mol. The lowest BCUT2D eigenvalue weighted by atomic mass is 10.1. The van der Waals surface area contributed by atoms with Crippen LogP contribution in [0.3, 0.4) is 0 Å². The molecule has 2 aromatic rings. The predicted octanol–water partition coefficient (Wildman–Crippen LogP) is 3.66. The lowest BCUT2D eigenvalue weighted by molar-refractivity contribution is 0.0936. The average molecular weight is 381 g/mol. The maximum absolute atomic E-state index is 12.6. The Morgan fingerprint density at radius 1 is 1.16 bits per heavy atom. The number of carbonyl (C=O) groups excluding carboxylic acids is 1. The zero-order valence-corrected chi connectivity index (χ0v) is 16.4. The summed E-state index contributed by atoms with van der Waals surface area (Å²) in [5.74, 6) is -0.267. The van der Waals surface area contributed by atoms with Crippen molar-refractivity contribution in [3.8, 4) is 0 Å². The number of hydrogen-bond donors (Lipinski definition) is 1. The van der Waals surface area contributed by atoms with Gasteiger partial charge >= 0.3 is 0 Å². The molecule has 1 aromatic heterocycles. The summed E-state index contributed by atoms with van der Waals surface area (Å²) >= 11 is 1.59. The van der Waals surface area contributed by atoms with Gasteiger partial charge in [-0.2, -0.15) is 4.31 Å². The lowest BCUT2D eigenvalue weighted by Crippen LogP contribution is -2.31. The summed E-state index contributed by atoms with van der Waals surface area (Å²) in [6.45, 7) is 6.39. The van der Waals surface area contributed by atoms with E-state index in [1.807, 2.05) is 24.4 Å². The molecule has 1 heterocycles. The Labute approximate surface area is 153 Å². The van der Waals surface area contributed by atoms with Gasteiger partial charge < -0.3 is 5.32 Å². The third-order valence-corrected chi connectivity index (χ3v) is 7.07. The molecule has 1 amide bonds. The molecular formula is C18H24N2O3S2. The number of nitrogens with one attached hydrogen (secondary N) is 1. The molecule has 0 spiro atoms. The summed E-state index contributed by atoms with van der Waals surface area (Å²) in [4.78, 5) is 13.8. The quantitative estimate of drug-likeness (QED) is 0.760. The number of rotatable bonds is 8. The molecule has 1 unspecified atom stereocenters. The van der Waals surface area contributed by atoms with E-state index in [0.717, 1.165) is 11.3 Å². The Hall–Kier alpha value is -1.70. The van der Waals surface area contributed by atoms with Crippen LogP contribution in [-0.4, -0.2) is 31.7 Å². The second kappa shape index (κ2) is 8.60. The first-order valence-electron chi connectivity index (χ1n) is 8.38. The minimum atomic E-state index is -3.58.